The van der Waals surface area contributed by atoms with E-state index in [1.165, 1.54) is 12.1 Å². The van der Waals surface area contributed by atoms with Gasteiger partial charge >= 0.3 is 5.97 Å². The SMILES string of the molecule is O=C(NC1(C(=O)O)CCCC1)c1ccc(N2CCCC2)c([N+](=O)[O-])c1. The van der Waals surface area contributed by atoms with Crippen LogP contribution in [0.5, 0.6) is 0 Å². The molecule has 1 aliphatic heterocycles. The molecule has 1 heterocycles. The third-order valence-electron chi connectivity index (χ3n) is 5.10. The van der Waals surface area contributed by atoms with Crippen molar-refractivity contribution in [3.63, 3.8) is 0 Å². The van der Waals surface area contributed by atoms with E-state index in [9.17, 15) is 24.8 Å². The number of hydrogen-bond acceptors (Lipinski definition) is 5. The van der Waals surface area contributed by atoms with Crippen LogP contribution in [0.3, 0.4) is 0 Å². The molecule has 134 valence electrons. The topological polar surface area (TPSA) is 113 Å². The van der Waals surface area contributed by atoms with Crippen molar-refractivity contribution in [1.29, 1.82) is 0 Å². The standard InChI is InChI=1S/C17H21N3O5/c21-15(18-17(16(22)23)7-1-2-8-17)12-5-6-13(14(11-12)20(24)25)19-9-3-4-10-19/h5-6,11H,1-4,7-10H2,(H,18,21)(H,22,23). The van der Waals surface area contributed by atoms with Gasteiger partial charge in [0.25, 0.3) is 11.6 Å². The van der Waals surface area contributed by atoms with Crippen LogP contribution in [0.4, 0.5) is 11.4 Å². The summed E-state index contributed by atoms with van der Waals surface area (Å²) in [5.74, 6) is -1.64. The summed E-state index contributed by atoms with van der Waals surface area (Å²) in [4.78, 5) is 36.9. The highest BCUT2D eigenvalue weighted by atomic mass is 16.6. The number of rotatable bonds is 5. The van der Waals surface area contributed by atoms with Crippen molar-refractivity contribution in [2.24, 2.45) is 0 Å². The Hall–Kier alpha value is -2.64. The number of carboxylic acid groups (broad SMARTS) is 1. The lowest BCUT2D eigenvalue weighted by Gasteiger charge is -2.25. The fourth-order valence-electron chi connectivity index (χ4n) is 3.70. The Balaban J connectivity index is 1.86. The van der Waals surface area contributed by atoms with E-state index in [4.69, 9.17) is 0 Å². The van der Waals surface area contributed by atoms with E-state index in [1.807, 2.05) is 4.90 Å². The van der Waals surface area contributed by atoms with Crippen molar-refractivity contribution < 1.29 is 19.6 Å². The third kappa shape index (κ3) is 3.29. The zero-order chi connectivity index (χ0) is 18.0. The van der Waals surface area contributed by atoms with Gasteiger partial charge < -0.3 is 15.3 Å². The molecule has 1 saturated carbocycles. The molecule has 0 radical (unpaired) electrons. The highest BCUT2D eigenvalue weighted by Crippen LogP contribution is 2.33. The Morgan fingerprint density at radius 2 is 1.80 bits per heavy atom. The average Bonchev–Trinajstić information content (AvgIpc) is 3.26. The number of carboxylic acids is 1. The summed E-state index contributed by atoms with van der Waals surface area (Å²) in [5.41, 5.74) is -0.764. The maximum atomic E-state index is 12.5. The molecule has 1 saturated heterocycles. The molecule has 3 rings (SSSR count). The second-order valence-corrected chi connectivity index (χ2v) is 6.70. The first kappa shape index (κ1) is 17.2. The predicted molar refractivity (Wildman–Crippen MR) is 90.8 cm³/mol. The Bertz CT molecular complexity index is 706. The Morgan fingerprint density at radius 3 is 2.36 bits per heavy atom. The highest BCUT2D eigenvalue weighted by Gasteiger charge is 2.42. The van der Waals surface area contributed by atoms with Gasteiger partial charge in [0, 0.05) is 24.7 Å². The van der Waals surface area contributed by atoms with Gasteiger partial charge in [0.1, 0.15) is 11.2 Å². The van der Waals surface area contributed by atoms with Crippen LogP contribution in [0.2, 0.25) is 0 Å². The largest absolute Gasteiger partial charge is 0.480 e. The number of anilines is 1. The number of carbonyl (C=O) groups is 2. The Morgan fingerprint density at radius 1 is 1.16 bits per heavy atom. The van der Waals surface area contributed by atoms with E-state index >= 15 is 0 Å². The summed E-state index contributed by atoms with van der Waals surface area (Å²) in [7, 11) is 0. The van der Waals surface area contributed by atoms with Crippen LogP contribution < -0.4 is 10.2 Å². The lowest BCUT2D eigenvalue weighted by molar-refractivity contribution is -0.384. The van der Waals surface area contributed by atoms with Crippen molar-refractivity contribution in [3.8, 4) is 0 Å². The lowest BCUT2D eigenvalue weighted by atomic mass is 9.97. The van der Waals surface area contributed by atoms with Gasteiger partial charge in [-0.25, -0.2) is 4.79 Å². The van der Waals surface area contributed by atoms with Gasteiger partial charge in [-0.15, -0.1) is 0 Å². The minimum atomic E-state index is -1.26. The quantitative estimate of drug-likeness (QED) is 0.624. The number of nitro benzene ring substituents is 1. The molecule has 2 aliphatic rings. The molecular weight excluding hydrogens is 326 g/mol. The van der Waals surface area contributed by atoms with Crippen molar-refractivity contribution in [2.75, 3.05) is 18.0 Å². The molecule has 1 amide bonds. The second kappa shape index (κ2) is 6.70. The molecule has 2 N–H and O–H groups in total. The van der Waals surface area contributed by atoms with E-state index in [0.29, 0.717) is 18.5 Å². The summed E-state index contributed by atoms with van der Waals surface area (Å²) in [5, 5.41) is 23.5. The summed E-state index contributed by atoms with van der Waals surface area (Å²) >= 11 is 0. The van der Waals surface area contributed by atoms with Crippen molar-refractivity contribution in [1.82, 2.24) is 5.32 Å². The van der Waals surface area contributed by atoms with E-state index < -0.39 is 22.3 Å². The molecule has 8 nitrogen and oxygen atoms in total. The highest BCUT2D eigenvalue weighted by molar-refractivity contribution is 5.99. The van der Waals surface area contributed by atoms with E-state index in [1.54, 1.807) is 6.07 Å². The number of hydrogen-bond donors (Lipinski definition) is 2. The van der Waals surface area contributed by atoms with Gasteiger partial charge in [-0.05, 0) is 37.8 Å². The first-order valence-electron chi connectivity index (χ1n) is 8.52. The van der Waals surface area contributed by atoms with Crippen molar-refractivity contribution in [2.45, 2.75) is 44.1 Å². The number of nitrogens with one attached hydrogen (secondary N) is 1. The van der Waals surface area contributed by atoms with Crippen LogP contribution in [0, 0.1) is 10.1 Å². The minimum Gasteiger partial charge on any atom is -0.480 e. The zero-order valence-electron chi connectivity index (χ0n) is 13.9. The van der Waals surface area contributed by atoms with Crippen LogP contribution >= 0.6 is 0 Å². The van der Waals surface area contributed by atoms with Crippen LogP contribution in [0.25, 0.3) is 0 Å². The predicted octanol–water partition coefficient (Wildman–Crippen LogP) is 2.32. The molecular formula is C17H21N3O5. The Labute approximate surface area is 145 Å². The molecule has 25 heavy (non-hydrogen) atoms. The van der Waals surface area contributed by atoms with Gasteiger partial charge in [-0.2, -0.15) is 0 Å². The van der Waals surface area contributed by atoms with Gasteiger partial charge in [-0.1, -0.05) is 12.8 Å². The molecule has 8 heteroatoms. The normalized spacial score (nSPS) is 19.0. The number of nitrogens with zero attached hydrogens (tertiary/aromatic N) is 2. The summed E-state index contributed by atoms with van der Waals surface area (Å²) in [6.07, 6.45) is 4.20. The zero-order valence-corrected chi connectivity index (χ0v) is 13.9. The molecule has 1 aliphatic carbocycles. The average molecular weight is 347 g/mol. The molecule has 1 aromatic carbocycles. The molecule has 0 spiro atoms. The molecule has 0 unspecified atom stereocenters. The van der Waals surface area contributed by atoms with Crippen LogP contribution in [0.15, 0.2) is 18.2 Å². The number of carbonyl (C=O) groups excluding carboxylic acids is 1. The molecule has 0 aromatic heterocycles. The molecule has 0 atom stereocenters. The summed E-state index contributed by atoms with van der Waals surface area (Å²) < 4.78 is 0. The molecule has 1 aromatic rings. The number of benzene rings is 1. The number of nitro groups is 1. The maximum Gasteiger partial charge on any atom is 0.329 e. The van der Waals surface area contributed by atoms with E-state index in [-0.39, 0.29) is 11.3 Å². The minimum absolute atomic E-state index is 0.113. The fourth-order valence-corrected chi connectivity index (χ4v) is 3.70. The maximum absolute atomic E-state index is 12.5. The summed E-state index contributed by atoms with van der Waals surface area (Å²) in [6.45, 7) is 1.52. The fraction of sp³-hybridized carbons (Fsp3) is 0.529. The molecule has 0 bridgehead atoms. The van der Waals surface area contributed by atoms with Crippen LogP contribution in [-0.2, 0) is 4.79 Å². The monoisotopic (exact) mass is 347 g/mol. The van der Waals surface area contributed by atoms with Crippen LogP contribution in [-0.4, -0.2) is 40.5 Å². The molecule has 2 fully saturated rings. The first-order valence-corrected chi connectivity index (χ1v) is 8.52. The Kier molecular flexibility index (Phi) is 4.61. The van der Waals surface area contributed by atoms with Gasteiger partial charge in [0.15, 0.2) is 0 Å². The second-order valence-electron chi connectivity index (χ2n) is 6.70. The van der Waals surface area contributed by atoms with Crippen LogP contribution in [0.1, 0.15) is 48.9 Å². The summed E-state index contributed by atoms with van der Waals surface area (Å²) in [6, 6.07) is 4.36. The first-order chi connectivity index (χ1) is 11.9. The van der Waals surface area contributed by atoms with Crippen molar-refractivity contribution in [3.05, 3.63) is 33.9 Å². The van der Waals surface area contributed by atoms with Gasteiger partial charge in [0.2, 0.25) is 0 Å². The number of aliphatic carboxylic acids is 1. The number of amides is 1. The smallest absolute Gasteiger partial charge is 0.329 e. The van der Waals surface area contributed by atoms with E-state index in [0.717, 1.165) is 38.8 Å². The van der Waals surface area contributed by atoms with E-state index in [2.05, 4.69) is 5.32 Å². The van der Waals surface area contributed by atoms with Crippen molar-refractivity contribution >= 4 is 23.3 Å². The lowest BCUT2D eigenvalue weighted by Crippen LogP contribution is -2.52. The third-order valence-corrected chi connectivity index (χ3v) is 5.10. The van der Waals surface area contributed by atoms with Gasteiger partial charge in [0.05, 0.1) is 4.92 Å². The van der Waals surface area contributed by atoms with Gasteiger partial charge in [-0.3, -0.25) is 14.9 Å².